The van der Waals surface area contributed by atoms with E-state index >= 15 is 0 Å². The molecule has 0 saturated carbocycles. The maximum absolute atomic E-state index is 12.0. The second kappa shape index (κ2) is 5.13. The van der Waals surface area contributed by atoms with Gasteiger partial charge in [0, 0.05) is 12.4 Å². The van der Waals surface area contributed by atoms with Crippen LogP contribution in [0.1, 0.15) is 10.4 Å². The first-order chi connectivity index (χ1) is 8.72. The van der Waals surface area contributed by atoms with Crippen molar-refractivity contribution in [1.29, 1.82) is 0 Å². The van der Waals surface area contributed by atoms with Crippen LogP contribution in [0, 0.1) is 0 Å². The SMILES string of the molecule is COc1cccc(O)c1C(=O)Nc1ncccn1. The summed E-state index contributed by atoms with van der Waals surface area (Å²) in [5.41, 5.74) is 0.0486. The highest BCUT2D eigenvalue weighted by atomic mass is 16.5. The number of carbonyl (C=O) groups is 1. The van der Waals surface area contributed by atoms with Crippen molar-refractivity contribution in [3.8, 4) is 11.5 Å². The van der Waals surface area contributed by atoms with Crippen molar-refractivity contribution in [3.05, 3.63) is 42.2 Å². The Labute approximate surface area is 103 Å². The summed E-state index contributed by atoms with van der Waals surface area (Å²) in [6.45, 7) is 0. The Morgan fingerprint density at radius 1 is 1.28 bits per heavy atom. The van der Waals surface area contributed by atoms with Gasteiger partial charge in [0.05, 0.1) is 7.11 Å². The fraction of sp³-hybridized carbons (Fsp3) is 0.0833. The van der Waals surface area contributed by atoms with E-state index in [1.807, 2.05) is 0 Å². The first-order valence-electron chi connectivity index (χ1n) is 5.16. The minimum atomic E-state index is -0.531. The molecule has 0 saturated heterocycles. The number of hydrogen-bond acceptors (Lipinski definition) is 5. The number of anilines is 1. The number of amides is 1. The lowest BCUT2D eigenvalue weighted by Gasteiger charge is -2.09. The molecule has 6 nitrogen and oxygen atoms in total. The molecule has 18 heavy (non-hydrogen) atoms. The van der Waals surface area contributed by atoms with Crippen LogP contribution in [0.3, 0.4) is 0 Å². The summed E-state index contributed by atoms with van der Waals surface area (Å²) in [5.74, 6) is -0.254. The average molecular weight is 245 g/mol. The van der Waals surface area contributed by atoms with E-state index in [0.29, 0.717) is 0 Å². The Balaban J connectivity index is 2.29. The van der Waals surface area contributed by atoms with E-state index in [-0.39, 0.29) is 23.0 Å². The third-order valence-corrected chi connectivity index (χ3v) is 2.24. The van der Waals surface area contributed by atoms with Crippen molar-refractivity contribution in [2.75, 3.05) is 12.4 Å². The van der Waals surface area contributed by atoms with Gasteiger partial charge in [-0.3, -0.25) is 10.1 Å². The number of ether oxygens (including phenoxy) is 1. The molecule has 0 aliphatic carbocycles. The average Bonchev–Trinajstić information content (AvgIpc) is 2.39. The largest absolute Gasteiger partial charge is 0.507 e. The van der Waals surface area contributed by atoms with E-state index in [0.717, 1.165) is 0 Å². The van der Waals surface area contributed by atoms with Crippen LogP contribution in [0.2, 0.25) is 0 Å². The van der Waals surface area contributed by atoms with E-state index in [9.17, 15) is 9.90 Å². The number of nitrogens with zero attached hydrogens (tertiary/aromatic N) is 2. The van der Waals surface area contributed by atoms with Crippen LogP contribution in [-0.4, -0.2) is 28.1 Å². The van der Waals surface area contributed by atoms with Crippen LogP contribution in [0.5, 0.6) is 11.5 Å². The van der Waals surface area contributed by atoms with Crippen molar-refractivity contribution >= 4 is 11.9 Å². The summed E-state index contributed by atoms with van der Waals surface area (Å²) in [7, 11) is 1.42. The standard InChI is InChI=1S/C12H11N3O3/c1-18-9-5-2-4-8(16)10(9)11(17)15-12-13-6-3-7-14-12/h2-7,16H,1H3,(H,13,14,15,17). The number of benzene rings is 1. The van der Waals surface area contributed by atoms with Gasteiger partial charge in [-0.25, -0.2) is 9.97 Å². The number of phenolic OH excluding ortho intramolecular Hbond substituents is 1. The Kier molecular flexibility index (Phi) is 3.38. The number of aromatic hydroxyl groups is 1. The van der Waals surface area contributed by atoms with Crippen molar-refractivity contribution in [2.24, 2.45) is 0 Å². The molecule has 1 aromatic heterocycles. The molecule has 0 unspecified atom stereocenters. The zero-order valence-electron chi connectivity index (χ0n) is 9.62. The maximum atomic E-state index is 12.0. The number of rotatable bonds is 3. The summed E-state index contributed by atoms with van der Waals surface area (Å²) >= 11 is 0. The molecule has 1 aromatic carbocycles. The zero-order chi connectivity index (χ0) is 13.0. The quantitative estimate of drug-likeness (QED) is 0.854. The van der Waals surface area contributed by atoms with Gasteiger partial charge in [0.25, 0.3) is 5.91 Å². The molecular formula is C12H11N3O3. The van der Waals surface area contributed by atoms with Gasteiger partial charge in [0.15, 0.2) is 0 Å². The molecule has 0 radical (unpaired) electrons. The molecule has 6 heteroatoms. The van der Waals surface area contributed by atoms with Gasteiger partial charge < -0.3 is 9.84 Å². The van der Waals surface area contributed by atoms with E-state index in [2.05, 4.69) is 15.3 Å². The topological polar surface area (TPSA) is 84.3 Å². The number of carbonyl (C=O) groups excluding carboxylic acids is 1. The van der Waals surface area contributed by atoms with Crippen LogP contribution in [0.25, 0.3) is 0 Å². The molecule has 0 aliphatic heterocycles. The van der Waals surface area contributed by atoms with Gasteiger partial charge in [-0.2, -0.15) is 0 Å². The molecule has 1 amide bonds. The third-order valence-electron chi connectivity index (χ3n) is 2.24. The lowest BCUT2D eigenvalue weighted by Crippen LogP contribution is -2.15. The Hall–Kier alpha value is -2.63. The maximum Gasteiger partial charge on any atom is 0.265 e. The highest BCUT2D eigenvalue weighted by molar-refractivity contribution is 6.07. The first-order valence-corrected chi connectivity index (χ1v) is 5.16. The molecular weight excluding hydrogens is 234 g/mol. The van der Waals surface area contributed by atoms with Crippen LogP contribution < -0.4 is 10.1 Å². The summed E-state index contributed by atoms with van der Waals surface area (Å²) < 4.78 is 5.02. The fourth-order valence-electron chi connectivity index (χ4n) is 1.45. The third kappa shape index (κ3) is 2.37. The molecule has 0 atom stereocenters. The van der Waals surface area contributed by atoms with Gasteiger partial charge in [-0.15, -0.1) is 0 Å². The van der Waals surface area contributed by atoms with Crippen molar-refractivity contribution in [3.63, 3.8) is 0 Å². The summed E-state index contributed by atoms with van der Waals surface area (Å²) in [4.78, 5) is 19.7. The number of aromatic nitrogens is 2. The molecule has 0 bridgehead atoms. The second-order valence-corrected chi connectivity index (χ2v) is 3.38. The minimum Gasteiger partial charge on any atom is -0.507 e. The van der Waals surface area contributed by atoms with E-state index in [1.165, 1.54) is 25.6 Å². The molecule has 2 aromatic rings. The van der Waals surface area contributed by atoms with Crippen molar-refractivity contribution in [1.82, 2.24) is 9.97 Å². The van der Waals surface area contributed by atoms with Crippen molar-refractivity contribution in [2.45, 2.75) is 0 Å². The molecule has 92 valence electrons. The Morgan fingerprint density at radius 2 is 2.00 bits per heavy atom. The van der Waals surface area contributed by atoms with Crippen LogP contribution >= 0.6 is 0 Å². The van der Waals surface area contributed by atoms with Crippen LogP contribution in [0.15, 0.2) is 36.7 Å². The van der Waals surface area contributed by atoms with Gasteiger partial charge >= 0.3 is 0 Å². The highest BCUT2D eigenvalue weighted by Crippen LogP contribution is 2.27. The lowest BCUT2D eigenvalue weighted by molar-refractivity contribution is 0.102. The number of methoxy groups -OCH3 is 1. The Morgan fingerprint density at radius 3 is 2.67 bits per heavy atom. The predicted molar refractivity (Wildman–Crippen MR) is 64.6 cm³/mol. The molecule has 2 rings (SSSR count). The fourth-order valence-corrected chi connectivity index (χ4v) is 1.45. The first kappa shape index (κ1) is 11.8. The smallest absolute Gasteiger partial charge is 0.265 e. The summed E-state index contributed by atoms with van der Waals surface area (Å²) in [6.07, 6.45) is 3.01. The molecule has 0 fully saturated rings. The number of nitrogens with one attached hydrogen (secondary N) is 1. The molecule has 0 spiro atoms. The lowest BCUT2D eigenvalue weighted by atomic mass is 10.1. The van der Waals surface area contributed by atoms with Crippen molar-refractivity contribution < 1.29 is 14.6 Å². The zero-order valence-corrected chi connectivity index (χ0v) is 9.62. The summed E-state index contributed by atoms with van der Waals surface area (Å²) in [6, 6.07) is 6.21. The van der Waals surface area contributed by atoms with Gasteiger partial charge in [0.2, 0.25) is 5.95 Å². The van der Waals surface area contributed by atoms with E-state index in [1.54, 1.807) is 18.2 Å². The van der Waals surface area contributed by atoms with Gasteiger partial charge in [-0.1, -0.05) is 6.07 Å². The summed E-state index contributed by atoms with van der Waals surface area (Å²) in [5, 5.41) is 12.2. The predicted octanol–water partition coefficient (Wildman–Crippen LogP) is 1.44. The van der Waals surface area contributed by atoms with Gasteiger partial charge in [0.1, 0.15) is 17.1 Å². The van der Waals surface area contributed by atoms with Crippen LogP contribution in [-0.2, 0) is 0 Å². The van der Waals surface area contributed by atoms with Gasteiger partial charge in [-0.05, 0) is 18.2 Å². The van der Waals surface area contributed by atoms with Crippen LogP contribution in [0.4, 0.5) is 5.95 Å². The van der Waals surface area contributed by atoms with E-state index in [4.69, 9.17) is 4.74 Å². The molecule has 1 heterocycles. The highest BCUT2D eigenvalue weighted by Gasteiger charge is 2.17. The normalized spacial score (nSPS) is 9.83. The molecule has 2 N–H and O–H groups in total. The van der Waals surface area contributed by atoms with E-state index < -0.39 is 5.91 Å². The Bertz CT molecular complexity index is 558. The second-order valence-electron chi connectivity index (χ2n) is 3.38. The molecule has 0 aliphatic rings. The number of phenols is 1. The number of hydrogen-bond donors (Lipinski definition) is 2. The monoisotopic (exact) mass is 245 g/mol. The minimum absolute atomic E-state index is 0.0486.